The maximum absolute atomic E-state index is 5.77. The molecule has 2 aromatic rings. The Morgan fingerprint density at radius 2 is 1.78 bits per heavy atom. The third-order valence-corrected chi connectivity index (χ3v) is 3.13. The van der Waals surface area contributed by atoms with E-state index in [2.05, 4.69) is 20.9 Å². The van der Waals surface area contributed by atoms with Crippen LogP contribution in [0.2, 0.25) is 0 Å². The largest absolute Gasteiger partial charge is 0.453 e. The van der Waals surface area contributed by atoms with Gasteiger partial charge in [0.05, 0.1) is 6.21 Å². The predicted octanol–water partition coefficient (Wildman–Crippen LogP) is 4.58. The van der Waals surface area contributed by atoms with Gasteiger partial charge in [-0.1, -0.05) is 40.2 Å². The van der Waals surface area contributed by atoms with Crippen molar-refractivity contribution in [3.05, 3.63) is 64.3 Å². The summed E-state index contributed by atoms with van der Waals surface area (Å²) in [5.41, 5.74) is 1.95. The van der Waals surface area contributed by atoms with Crippen molar-refractivity contribution in [2.75, 3.05) is 0 Å². The van der Waals surface area contributed by atoms with Gasteiger partial charge in [0.2, 0.25) is 0 Å². The number of rotatable bonds is 1. The Bertz CT molecular complexity index is 629. The standard InChI is InChI=1S/C15H10BrNO/c16-12-7-5-11(6-8-12)9-13-10-17-14-3-1-2-4-15(14)18-13/h1-10H/b13-9-. The maximum atomic E-state index is 5.77. The van der Waals surface area contributed by atoms with Gasteiger partial charge in [-0.15, -0.1) is 0 Å². The molecular formula is C15H10BrNO. The molecule has 18 heavy (non-hydrogen) atoms. The fourth-order valence-corrected chi connectivity index (χ4v) is 1.99. The molecule has 0 amide bonds. The summed E-state index contributed by atoms with van der Waals surface area (Å²) in [6.45, 7) is 0. The third kappa shape index (κ3) is 2.36. The Kier molecular flexibility index (Phi) is 2.99. The minimum Gasteiger partial charge on any atom is -0.453 e. The first-order valence-electron chi connectivity index (χ1n) is 5.59. The van der Waals surface area contributed by atoms with Gasteiger partial charge < -0.3 is 4.74 Å². The van der Waals surface area contributed by atoms with E-state index in [1.807, 2.05) is 54.6 Å². The number of halogens is 1. The summed E-state index contributed by atoms with van der Waals surface area (Å²) >= 11 is 3.41. The van der Waals surface area contributed by atoms with Crippen molar-refractivity contribution in [2.45, 2.75) is 0 Å². The average molecular weight is 300 g/mol. The normalized spacial score (nSPS) is 15.3. The highest BCUT2D eigenvalue weighted by molar-refractivity contribution is 9.10. The van der Waals surface area contributed by atoms with Gasteiger partial charge in [-0.2, -0.15) is 0 Å². The monoisotopic (exact) mass is 299 g/mol. The van der Waals surface area contributed by atoms with Crippen LogP contribution in [0.4, 0.5) is 5.69 Å². The van der Waals surface area contributed by atoms with Crippen LogP contribution in [0.15, 0.2) is 63.8 Å². The summed E-state index contributed by atoms with van der Waals surface area (Å²) in [7, 11) is 0. The molecule has 0 aromatic heterocycles. The van der Waals surface area contributed by atoms with Crippen LogP contribution >= 0.6 is 15.9 Å². The summed E-state index contributed by atoms with van der Waals surface area (Å²) < 4.78 is 6.83. The molecule has 0 saturated carbocycles. The summed E-state index contributed by atoms with van der Waals surface area (Å²) in [5, 5.41) is 0. The first kappa shape index (κ1) is 11.2. The zero-order chi connectivity index (χ0) is 12.4. The fraction of sp³-hybridized carbons (Fsp3) is 0. The van der Waals surface area contributed by atoms with Crippen LogP contribution in [-0.2, 0) is 0 Å². The summed E-state index contributed by atoms with van der Waals surface area (Å²) in [6, 6.07) is 15.8. The third-order valence-electron chi connectivity index (χ3n) is 2.60. The van der Waals surface area contributed by atoms with Crippen LogP contribution < -0.4 is 4.74 Å². The topological polar surface area (TPSA) is 21.6 Å². The second-order valence-corrected chi connectivity index (χ2v) is 4.84. The molecule has 2 nitrogen and oxygen atoms in total. The SMILES string of the molecule is Brc1ccc(/C=C2/C=Nc3ccccc3O2)cc1. The molecule has 0 aliphatic carbocycles. The molecule has 1 aliphatic rings. The van der Waals surface area contributed by atoms with Gasteiger partial charge in [0.15, 0.2) is 5.75 Å². The molecule has 0 bridgehead atoms. The Balaban J connectivity index is 1.90. The number of aliphatic imine (C=N–C) groups is 1. The molecule has 0 fully saturated rings. The quantitative estimate of drug-likeness (QED) is 0.755. The van der Waals surface area contributed by atoms with Gasteiger partial charge in [0, 0.05) is 4.47 Å². The molecule has 88 valence electrons. The molecule has 3 heteroatoms. The summed E-state index contributed by atoms with van der Waals surface area (Å²) in [5.74, 6) is 1.54. The highest BCUT2D eigenvalue weighted by Crippen LogP contribution is 2.31. The van der Waals surface area contributed by atoms with Crippen LogP contribution in [0, 0.1) is 0 Å². The molecule has 0 N–H and O–H groups in total. The number of ether oxygens (including phenoxy) is 1. The minimum absolute atomic E-state index is 0.746. The Morgan fingerprint density at radius 3 is 2.61 bits per heavy atom. The van der Waals surface area contributed by atoms with E-state index < -0.39 is 0 Å². The van der Waals surface area contributed by atoms with E-state index in [1.54, 1.807) is 6.21 Å². The number of para-hydroxylation sites is 2. The predicted molar refractivity (Wildman–Crippen MR) is 77.3 cm³/mol. The van der Waals surface area contributed by atoms with Gasteiger partial charge in [-0.3, -0.25) is 0 Å². The van der Waals surface area contributed by atoms with Crippen molar-refractivity contribution in [1.29, 1.82) is 0 Å². The molecule has 2 aromatic carbocycles. The van der Waals surface area contributed by atoms with Crippen LogP contribution in [0.25, 0.3) is 6.08 Å². The van der Waals surface area contributed by atoms with E-state index in [1.165, 1.54) is 0 Å². The number of fused-ring (bicyclic) bond motifs is 1. The lowest BCUT2D eigenvalue weighted by atomic mass is 10.2. The number of allylic oxidation sites excluding steroid dienone is 1. The van der Waals surface area contributed by atoms with E-state index in [9.17, 15) is 0 Å². The number of hydrogen-bond donors (Lipinski definition) is 0. The van der Waals surface area contributed by atoms with E-state index >= 15 is 0 Å². The molecule has 0 unspecified atom stereocenters. The van der Waals surface area contributed by atoms with E-state index in [4.69, 9.17) is 4.74 Å². The number of hydrogen-bond acceptors (Lipinski definition) is 2. The molecular weight excluding hydrogens is 290 g/mol. The van der Waals surface area contributed by atoms with E-state index in [-0.39, 0.29) is 0 Å². The minimum atomic E-state index is 0.746. The van der Waals surface area contributed by atoms with Crippen LogP contribution in [0.1, 0.15) is 5.56 Å². The van der Waals surface area contributed by atoms with Gasteiger partial charge >= 0.3 is 0 Å². The Hall–Kier alpha value is -1.87. The highest BCUT2D eigenvalue weighted by Gasteiger charge is 2.09. The van der Waals surface area contributed by atoms with Crippen molar-refractivity contribution >= 4 is 33.9 Å². The van der Waals surface area contributed by atoms with Gasteiger partial charge in [0.25, 0.3) is 0 Å². The van der Waals surface area contributed by atoms with Crippen LogP contribution in [0.3, 0.4) is 0 Å². The molecule has 0 spiro atoms. The highest BCUT2D eigenvalue weighted by atomic mass is 79.9. The fourth-order valence-electron chi connectivity index (χ4n) is 1.73. The molecule has 0 radical (unpaired) electrons. The zero-order valence-electron chi connectivity index (χ0n) is 9.51. The van der Waals surface area contributed by atoms with Gasteiger partial charge in [-0.25, -0.2) is 4.99 Å². The molecule has 1 aliphatic heterocycles. The van der Waals surface area contributed by atoms with Gasteiger partial charge in [-0.05, 0) is 35.9 Å². The van der Waals surface area contributed by atoms with E-state index in [0.717, 1.165) is 27.2 Å². The lowest BCUT2D eigenvalue weighted by molar-refractivity contribution is 0.458. The Labute approximate surface area is 114 Å². The number of benzene rings is 2. The maximum Gasteiger partial charge on any atom is 0.153 e. The Morgan fingerprint density at radius 1 is 1.00 bits per heavy atom. The van der Waals surface area contributed by atoms with Gasteiger partial charge in [0.1, 0.15) is 11.4 Å². The zero-order valence-corrected chi connectivity index (χ0v) is 11.1. The van der Waals surface area contributed by atoms with Crippen molar-refractivity contribution in [1.82, 2.24) is 0 Å². The lowest BCUT2D eigenvalue weighted by Gasteiger charge is -2.13. The second kappa shape index (κ2) is 4.78. The number of nitrogens with zero attached hydrogens (tertiary/aromatic N) is 1. The van der Waals surface area contributed by atoms with Crippen molar-refractivity contribution in [3.8, 4) is 5.75 Å². The molecule has 3 rings (SSSR count). The smallest absolute Gasteiger partial charge is 0.153 e. The van der Waals surface area contributed by atoms with Crippen molar-refractivity contribution < 1.29 is 4.74 Å². The van der Waals surface area contributed by atoms with Crippen LogP contribution in [0.5, 0.6) is 5.75 Å². The summed E-state index contributed by atoms with van der Waals surface area (Å²) in [4.78, 5) is 4.36. The van der Waals surface area contributed by atoms with Crippen LogP contribution in [-0.4, -0.2) is 6.21 Å². The first-order valence-corrected chi connectivity index (χ1v) is 6.39. The average Bonchev–Trinajstić information content (AvgIpc) is 2.41. The van der Waals surface area contributed by atoms with Crippen molar-refractivity contribution in [3.63, 3.8) is 0 Å². The van der Waals surface area contributed by atoms with E-state index in [0.29, 0.717) is 0 Å². The summed E-state index contributed by atoms with van der Waals surface area (Å²) in [6.07, 6.45) is 3.70. The first-order chi connectivity index (χ1) is 8.81. The molecule has 1 heterocycles. The lowest BCUT2D eigenvalue weighted by Crippen LogP contribution is -2.00. The molecule has 0 saturated heterocycles. The van der Waals surface area contributed by atoms with Crippen molar-refractivity contribution in [2.24, 2.45) is 4.99 Å². The second-order valence-electron chi connectivity index (χ2n) is 3.93. The molecule has 0 atom stereocenters.